The number of nitrogens with one attached hydrogen (secondary N) is 2. The lowest BCUT2D eigenvalue weighted by Crippen LogP contribution is -2.46. The van der Waals surface area contributed by atoms with Crippen LogP contribution >= 0.6 is 0 Å². The average molecular weight is 263 g/mol. The molecular formula is C15H25N3O. The first-order valence-corrected chi connectivity index (χ1v) is 7.20. The molecule has 0 aliphatic carbocycles. The molecule has 1 saturated heterocycles. The van der Waals surface area contributed by atoms with E-state index < -0.39 is 0 Å². The third-order valence-electron chi connectivity index (χ3n) is 3.51. The van der Waals surface area contributed by atoms with Gasteiger partial charge in [-0.15, -0.1) is 0 Å². The Morgan fingerprint density at radius 1 is 1.21 bits per heavy atom. The molecule has 1 aliphatic rings. The van der Waals surface area contributed by atoms with Gasteiger partial charge in [0.25, 0.3) is 0 Å². The molecule has 1 aliphatic heterocycles. The monoisotopic (exact) mass is 263 g/mol. The second-order valence-electron chi connectivity index (χ2n) is 5.14. The van der Waals surface area contributed by atoms with E-state index in [0.717, 1.165) is 45.7 Å². The molecule has 4 heteroatoms. The molecule has 0 radical (unpaired) electrons. The van der Waals surface area contributed by atoms with Crippen LogP contribution in [0, 0.1) is 0 Å². The molecular weight excluding hydrogens is 238 g/mol. The molecule has 1 aromatic rings. The summed E-state index contributed by atoms with van der Waals surface area (Å²) in [5.74, 6) is 0. The fraction of sp³-hybridized carbons (Fsp3) is 0.600. The lowest BCUT2D eigenvalue weighted by molar-refractivity contribution is 0.168. The van der Waals surface area contributed by atoms with Crippen LogP contribution in [0.15, 0.2) is 30.3 Å². The first-order chi connectivity index (χ1) is 9.34. The summed E-state index contributed by atoms with van der Waals surface area (Å²) in [6.07, 6.45) is 0.423. The minimum atomic E-state index is -0.301. The van der Waals surface area contributed by atoms with Gasteiger partial charge in [-0.05, 0) is 12.0 Å². The first kappa shape index (κ1) is 14.5. The van der Waals surface area contributed by atoms with Gasteiger partial charge in [0.2, 0.25) is 0 Å². The molecule has 4 nitrogen and oxygen atoms in total. The van der Waals surface area contributed by atoms with E-state index in [9.17, 15) is 5.11 Å². The van der Waals surface area contributed by atoms with Crippen LogP contribution in [0.2, 0.25) is 0 Å². The van der Waals surface area contributed by atoms with E-state index in [1.54, 1.807) is 0 Å². The normalized spacial score (nSPS) is 18.4. The number of rotatable bonds is 7. The lowest BCUT2D eigenvalue weighted by Gasteiger charge is -2.27. The standard InChI is InChI=1S/C15H25N3O/c19-15(12-14-4-2-1-3-5-14)13-17-8-11-18-9-6-16-7-10-18/h1-5,15-17,19H,6-13H2/t15-/m0/s1. The molecule has 0 amide bonds. The number of aliphatic hydroxyl groups excluding tert-OH is 1. The maximum absolute atomic E-state index is 9.95. The van der Waals surface area contributed by atoms with E-state index in [4.69, 9.17) is 0 Å². The van der Waals surface area contributed by atoms with E-state index in [1.165, 1.54) is 5.56 Å². The van der Waals surface area contributed by atoms with Crippen molar-refractivity contribution in [2.24, 2.45) is 0 Å². The molecule has 0 aromatic heterocycles. The van der Waals surface area contributed by atoms with Gasteiger partial charge in [0.1, 0.15) is 0 Å². The molecule has 1 fully saturated rings. The number of aliphatic hydroxyl groups is 1. The summed E-state index contributed by atoms with van der Waals surface area (Å²) in [4.78, 5) is 2.45. The molecule has 2 rings (SSSR count). The average Bonchev–Trinajstić information content (AvgIpc) is 2.46. The molecule has 1 atom stereocenters. The molecule has 0 saturated carbocycles. The molecule has 106 valence electrons. The Hall–Kier alpha value is -0.940. The summed E-state index contributed by atoms with van der Waals surface area (Å²) in [7, 11) is 0. The van der Waals surface area contributed by atoms with Gasteiger partial charge in [-0.2, -0.15) is 0 Å². The highest BCUT2D eigenvalue weighted by Crippen LogP contribution is 2.02. The molecule has 3 N–H and O–H groups in total. The summed E-state index contributed by atoms with van der Waals surface area (Å²) in [5.41, 5.74) is 1.19. The Morgan fingerprint density at radius 2 is 1.95 bits per heavy atom. The van der Waals surface area contributed by atoms with Crippen LogP contribution in [0.4, 0.5) is 0 Å². The van der Waals surface area contributed by atoms with Crippen molar-refractivity contribution in [3.63, 3.8) is 0 Å². The zero-order valence-electron chi connectivity index (χ0n) is 11.5. The van der Waals surface area contributed by atoms with Gasteiger partial charge in [-0.3, -0.25) is 4.90 Å². The van der Waals surface area contributed by atoms with Gasteiger partial charge in [-0.25, -0.2) is 0 Å². The number of nitrogens with zero attached hydrogens (tertiary/aromatic N) is 1. The Labute approximate surface area is 115 Å². The maximum Gasteiger partial charge on any atom is 0.0704 e. The predicted molar refractivity (Wildman–Crippen MR) is 78.3 cm³/mol. The highest BCUT2D eigenvalue weighted by Gasteiger charge is 2.09. The van der Waals surface area contributed by atoms with Crippen LogP contribution in [0.5, 0.6) is 0 Å². The van der Waals surface area contributed by atoms with E-state index in [2.05, 4.69) is 27.7 Å². The minimum absolute atomic E-state index is 0.301. The topological polar surface area (TPSA) is 47.5 Å². The zero-order chi connectivity index (χ0) is 13.3. The van der Waals surface area contributed by atoms with Crippen molar-refractivity contribution in [2.45, 2.75) is 12.5 Å². The SMILES string of the molecule is O[C@H](CNCCN1CCNCC1)Cc1ccccc1. The second kappa shape index (κ2) is 8.27. The highest BCUT2D eigenvalue weighted by atomic mass is 16.3. The molecule has 1 aromatic carbocycles. The molecule has 0 bridgehead atoms. The van der Waals surface area contributed by atoms with Gasteiger partial charge < -0.3 is 15.7 Å². The van der Waals surface area contributed by atoms with E-state index in [-0.39, 0.29) is 6.10 Å². The van der Waals surface area contributed by atoms with Crippen molar-refractivity contribution in [3.05, 3.63) is 35.9 Å². The van der Waals surface area contributed by atoms with Crippen LogP contribution in [-0.2, 0) is 6.42 Å². The summed E-state index contributed by atoms with van der Waals surface area (Å²) in [5, 5.41) is 16.6. The van der Waals surface area contributed by atoms with E-state index in [0.29, 0.717) is 6.54 Å². The van der Waals surface area contributed by atoms with Crippen LogP contribution in [0.3, 0.4) is 0 Å². The smallest absolute Gasteiger partial charge is 0.0704 e. The Kier molecular flexibility index (Phi) is 6.30. The Morgan fingerprint density at radius 3 is 2.68 bits per heavy atom. The van der Waals surface area contributed by atoms with E-state index >= 15 is 0 Å². The third kappa shape index (κ3) is 5.70. The van der Waals surface area contributed by atoms with Gasteiger partial charge in [0.15, 0.2) is 0 Å². The van der Waals surface area contributed by atoms with Crippen LogP contribution in [-0.4, -0.2) is 61.9 Å². The Bertz CT molecular complexity index is 339. The molecule has 0 unspecified atom stereocenters. The van der Waals surface area contributed by atoms with Crippen molar-refractivity contribution in [2.75, 3.05) is 45.8 Å². The number of hydrogen-bond donors (Lipinski definition) is 3. The number of piperazine rings is 1. The Balaban J connectivity index is 1.55. The van der Waals surface area contributed by atoms with Crippen LogP contribution in [0.25, 0.3) is 0 Å². The van der Waals surface area contributed by atoms with Crippen molar-refractivity contribution in [3.8, 4) is 0 Å². The zero-order valence-corrected chi connectivity index (χ0v) is 11.5. The van der Waals surface area contributed by atoms with Crippen molar-refractivity contribution >= 4 is 0 Å². The van der Waals surface area contributed by atoms with Gasteiger partial charge in [0.05, 0.1) is 6.10 Å². The van der Waals surface area contributed by atoms with Gasteiger partial charge in [0, 0.05) is 45.8 Å². The summed E-state index contributed by atoms with van der Waals surface area (Å²) < 4.78 is 0. The van der Waals surface area contributed by atoms with Gasteiger partial charge in [-0.1, -0.05) is 30.3 Å². The van der Waals surface area contributed by atoms with Crippen molar-refractivity contribution in [1.82, 2.24) is 15.5 Å². The van der Waals surface area contributed by atoms with Crippen molar-refractivity contribution < 1.29 is 5.11 Å². The summed E-state index contributed by atoms with van der Waals surface area (Å²) in [6, 6.07) is 10.1. The van der Waals surface area contributed by atoms with Crippen LogP contribution in [0.1, 0.15) is 5.56 Å². The van der Waals surface area contributed by atoms with Gasteiger partial charge >= 0.3 is 0 Å². The summed E-state index contributed by atoms with van der Waals surface area (Å²) >= 11 is 0. The molecule has 1 heterocycles. The van der Waals surface area contributed by atoms with Crippen LogP contribution < -0.4 is 10.6 Å². The number of benzene rings is 1. The van der Waals surface area contributed by atoms with Crippen molar-refractivity contribution in [1.29, 1.82) is 0 Å². The van der Waals surface area contributed by atoms with E-state index in [1.807, 2.05) is 18.2 Å². The fourth-order valence-corrected chi connectivity index (χ4v) is 2.40. The lowest BCUT2D eigenvalue weighted by atomic mass is 10.1. The predicted octanol–water partition coefficient (Wildman–Crippen LogP) is 0.0848. The summed E-state index contributed by atoms with van der Waals surface area (Å²) in [6.45, 7) is 7.14. The third-order valence-corrected chi connectivity index (χ3v) is 3.51. The highest BCUT2D eigenvalue weighted by molar-refractivity contribution is 5.15. The fourth-order valence-electron chi connectivity index (χ4n) is 2.40. The number of hydrogen-bond acceptors (Lipinski definition) is 4. The molecule has 0 spiro atoms. The first-order valence-electron chi connectivity index (χ1n) is 7.20. The second-order valence-corrected chi connectivity index (χ2v) is 5.14. The maximum atomic E-state index is 9.95. The largest absolute Gasteiger partial charge is 0.391 e. The quantitative estimate of drug-likeness (QED) is 0.610. The molecule has 19 heavy (non-hydrogen) atoms. The minimum Gasteiger partial charge on any atom is -0.391 e.